The molecule has 1 heterocycles. The Bertz CT molecular complexity index is 472. The second kappa shape index (κ2) is 6.59. The Morgan fingerprint density at radius 3 is 2.78 bits per heavy atom. The first-order valence-corrected chi connectivity index (χ1v) is 5.67. The molecule has 1 aromatic rings. The molecule has 4 nitrogen and oxygen atoms in total. The normalized spacial score (nSPS) is 9.83. The summed E-state index contributed by atoms with van der Waals surface area (Å²) in [6, 6.07) is 0. The van der Waals surface area contributed by atoms with Crippen molar-refractivity contribution < 1.29 is 9.53 Å². The van der Waals surface area contributed by atoms with Crippen molar-refractivity contribution >= 4 is 5.97 Å². The average Bonchev–Trinajstić information content (AvgIpc) is 2.69. The molecule has 0 atom stereocenters. The third-order valence-electron chi connectivity index (χ3n) is 2.27. The number of ether oxygens (including phenoxy) is 1. The topological polar surface area (TPSA) is 44.1 Å². The van der Waals surface area contributed by atoms with Crippen molar-refractivity contribution in [1.29, 1.82) is 0 Å². The number of carbonyl (C=O) groups excluding carboxylic acids is 1. The lowest BCUT2D eigenvalue weighted by Crippen LogP contribution is -2.09. The van der Waals surface area contributed by atoms with Gasteiger partial charge in [-0.25, -0.2) is 9.78 Å². The fourth-order valence-corrected chi connectivity index (χ4v) is 1.43. The number of aromatic nitrogens is 2. The summed E-state index contributed by atoms with van der Waals surface area (Å²) < 4.78 is 6.99. The molecule has 96 valence electrons. The van der Waals surface area contributed by atoms with Gasteiger partial charge in [0.05, 0.1) is 5.69 Å². The molecule has 0 fully saturated rings. The molecule has 0 aliphatic carbocycles. The standard InChI is InChI=1S/C14H18N2O2/c1-5-7-12-9-16(8-6-2)13(15-12)10-18-14(17)11(3)4/h5-6,9H,1-3,7-8,10H2,4H3. The van der Waals surface area contributed by atoms with Crippen molar-refractivity contribution in [2.45, 2.75) is 26.5 Å². The maximum Gasteiger partial charge on any atom is 0.333 e. The van der Waals surface area contributed by atoms with Gasteiger partial charge in [0.15, 0.2) is 0 Å². The molecule has 0 bridgehead atoms. The number of esters is 1. The minimum Gasteiger partial charge on any atom is -0.454 e. The van der Waals surface area contributed by atoms with Gasteiger partial charge in [0.2, 0.25) is 0 Å². The lowest BCUT2D eigenvalue weighted by atomic mass is 10.3. The van der Waals surface area contributed by atoms with Gasteiger partial charge in [-0.1, -0.05) is 18.7 Å². The Balaban J connectivity index is 2.78. The molecule has 0 N–H and O–H groups in total. The molecule has 0 aromatic carbocycles. The molecular weight excluding hydrogens is 228 g/mol. The van der Waals surface area contributed by atoms with Gasteiger partial charge in [0.1, 0.15) is 12.4 Å². The average molecular weight is 246 g/mol. The van der Waals surface area contributed by atoms with Crippen molar-refractivity contribution in [2.75, 3.05) is 0 Å². The van der Waals surface area contributed by atoms with Gasteiger partial charge in [0.25, 0.3) is 0 Å². The Kier molecular flexibility index (Phi) is 5.11. The molecule has 0 radical (unpaired) electrons. The van der Waals surface area contributed by atoms with Crippen LogP contribution in [0.1, 0.15) is 18.4 Å². The molecule has 0 aliphatic rings. The van der Waals surface area contributed by atoms with Gasteiger partial charge in [-0.05, 0) is 6.92 Å². The number of carbonyl (C=O) groups is 1. The van der Waals surface area contributed by atoms with Gasteiger partial charge in [-0.3, -0.25) is 0 Å². The van der Waals surface area contributed by atoms with Crippen LogP contribution < -0.4 is 0 Å². The molecule has 18 heavy (non-hydrogen) atoms. The van der Waals surface area contributed by atoms with E-state index in [2.05, 4.69) is 24.7 Å². The van der Waals surface area contributed by atoms with Crippen molar-refractivity contribution in [1.82, 2.24) is 9.55 Å². The van der Waals surface area contributed by atoms with Gasteiger partial charge < -0.3 is 9.30 Å². The van der Waals surface area contributed by atoms with Crippen LogP contribution in [0.25, 0.3) is 0 Å². The third kappa shape index (κ3) is 3.73. The van der Waals surface area contributed by atoms with Gasteiger partial charge >= 0.3 is 5.97 Å². The zero-order valence-corrected chi connectivity index (χ0v) is 10.7. The lowest BCUT2D eigenvalue weighted by molar-refractivity contribution is -0.140. The first kappa shape index (κ1) is 14.0. The minimum atomic E-state index is -0.409. The summed E-state index contributed by atoms with van der Waals surface area (Å²) in [5.41, 5.74) is 1.27. The first-order valence-electron chi connectivity index (χ1n) is 5.67. The molecule has 0 saturated heterocycles. The van der Waals surface area contributed by atoms with Gasteiger partial charge in [-0.2, -0.15) is 0 Å². The molecule has 1 aromatic heterocycles. The summed E-state index contributed by atoms with van der Waals surface area (Å²) in [5, 5.41) is 0. The summed E-state index contributed by atoms with van der Waals surface area (Å²) in [4.78, 5) is 15.7. The highest BCUT2D eigenvalue weighted by Gasteiger charge is 2.09. The highest BCUT2D eigenvalue weighted by atomic mass is 16.5. The molecule has 0 unspecified atom stereocenters. The number of allylic oxidation sites excluding steroid dienone is 2. The van der Waals surface area contributed by atoms with Gasteiger partial charge in [0, 0.05) is 24.7 Å². The molecule has 0 amide bonds. The molecule has 4 heteroatoms. The summed E-state index contributed by atoms with van der Waals surface area (Å²) in [6.45, 7) is 13.3. The molecule has 0 saturated carbocycles. The van der Waals surface area contributed by atoms with Crippen molar-refractivity contribution in [3.63, 3.8) is 0 Å². The van der Waals surface area contributed by atoms with Crippen LogP contribution in [0.15, 0.2) is 43.7 Å². The van der Waals surface area contributed by atoms with E-state index in [0.29, 0.717) is 24.4 Å². The predicted molar refractivity (Wildman–Crippen MR) is 70.9 cm³/mol. The number of imidazole rings is 1. The van der Waals surface area contributed by atoms with E-state index in [4.69, 9.17) is 4.74 Å². The van der Waals surface area contributed by atoms with Crippen LogP contribution in [0.3, 0.4) is 0 Å². The zero-order valence-electron chi connectivity index (χ0n) is 10.7. The smallest absolute Gasteiger partial charge is 0.333 e. The fourth-order valence-electron chi connectivity index (χ4n) is 1.43. The Morgan fingerprint density at radius 2 is 2.22 bits per heavy atom. The third-order valence-corrected chi connectivity index (χ3v) is 2.27. The molecular formula is C14H18N2O2. The van der Waals surface area contributed by atoms with E-state index < -0.39 is 5.97 Å². The maximum absolute atomic E-state index is 11.3. The predicted octanol–water partition coefficient (Wildman–Crippen LogP) is 2.42. The van der Waals surface area contributed by atoms with E-state index in [1.807, 2.05) is 10.8 Å². The number of nitrogens with zero attached hydrogens (tertiary/aromatic N) is 2. The van der Waals surface area contributed by atoms with E-state index in [1.54, 1.807) is 19.1 Å². The number of hydrogen-bond donors (Lipinski definition) is 0. The molecule has 0 aliphatic heterocycles. The summed E-state index contributed by atoms with van der Waals surface area (Å²) in [7, 11) is 0. The van der Waals surface area contributed by atoms with Crippen molar-refractivity contribution in [3.8, 4) is 0 Å². The highest BCUT2D eigenvalue weighted by Crippen LogP contribution is 2.08. The van der Waals surface area contributed by atoms with Crippen LogP contribution >= 0.6 is 0 Å². The van der Waals surface area contributed by atoms with Crippen LogP contribution in [-0.2, 0) is 29.1 Å². The first-order chi connectivity index (χ1) is 8.58. The lowest BCUT2D eigenvalue weighted by Gasteiger charge is -2.06. The van der Waals surface area contributed by atoms with Crippen LogP contribution in [-0.4, -0.2) is 15.5 Å². The van der Waals surface area contributed by atoms with E-state index in [0.717, 1.165) is 5.69 Å². The summed E-state index contributed by atoms with van der Waals surface area (Å²) in [6.07, 6.45) is 6.15. The monoisotopic (exact) mass is 246 g/mol. The molecule has 1 rings (SSSR count). The largest absolute Gasteiger partial charge is 0.454 e. The zero-order chi connectivity index (χ0) is 13.5. The van der Waals surface area contributed by atoms with Crippen LogP contribution in [0.2, 0.25) is 0 Å². The second-order valence-electron chi connectivity index (χ2n) is 3.94. The SMILES string of the molecule is C=CCc1cn(CC=C)c(COC(=O)C(=C)C)n1. The van der Waals surface area contributed by atoms with Crippen LogP contribution in [0.5, 0.6) is 0 Å². The highest BCUT2D eigenvalue weighted by molar-refractivity contribution is 5.86. The minimum absolute atomic E-state index is 0.136. The number of hydrogen-bond acceptors (Lipinski definition) is 3. The Morgan fingerprint density at radius 1 is 1.50 bits per heavy atom. The fraction of sp³-hybridized carbons (Fsp3) is 0.286. The molecule has 0 spiro atoms. The quantitative estimate of drug-likeness (QED) is 0.421. The van der Waals surface area contributed by atoms with Crippen LogP contribution in [0, 0.1) is 0 Å². The summed E-state index contributed by atoms with van der Waals surface area (Å²) in [5.74, 6) is 0.287. The Hall–Kier alpha value is -2.10. The van der Waals surface area contributed by atoms with E-state index >= 15 is 0 Å². The number of rotatable bonds is 7. The Labute approximate surface area is 107 Å². The van der Waals surface area contributed by atoms with Crippen molar-refractivity contribution in [2.24, 2.45) is 0 Å². The maximum atomic E-state index is 11.3. The van der Waals surface area contributed by atoms with Crippen LogP contribution in [0.4, 0.5) is 0 Å². The van der Waals surface area contributed by atoms with E-state index in [-0.39, 0.29) is 6.61 Å². The van der Waals surface area contributed by atoms with Crippen molar-refractivity contribution in [3.05, 3.63) is 55.2 Å². The van der Waals surface area contributed by atoms with E-state index in [1.165, 1.54) is 0 Å². The van der Waals surface area contributed by atoms with Gasteiger partial charge in [-0.15, -0.1) is 13.2 Å². The second-order valence-corrected chi connectivity index (χ2v) is 3.94. The van der Waals surface area contributed by atoms with E-state index in [9.17, 15) is 4.79 Å². The summed E-state index contributed by atoms with van der Waals surface area (Å²) >= 11 is 0.